The van der Waals surface area contributed by atoms with Crippen LogP contribution in [0.2, 0.25) is 5.02 Å². The van der Waals surface area contributed by atoms with Gasteiger partial charge in [0.15, 0.2) is 5.16 Å². The molecule has 1 amide bonds. The van der Waals surface area contributed by atoms with E-state index in [0.29, 0.717) is 32.4 Å². The largest absolute Gasteiger partial charge is 0.345 e. The second-order valence-electron chi connectivity index (χ2n) is 7.67. The van der Waals surface area contributed by atoms with Gasteiger partial charge in [-0.25, -0.2) is 4.98 Å². The van der Waals surface area contributed by atoms with Crippen LogP contribution < -0.4 is 5.56 Å². The normalized spacial score (nSPS) is 11.0. The topological polar surface area (TPSA) is 55.2 Å². The van der Waals surface area contributed by atoms with E-state index in [2.05, 4.69) is 0 Å². The third-order valence-electron chi connectivity index (χ3n) is 5.13. The molecule has 0 spiro atoms. The van der Waals surface area contributed by atoms with Crippen LogP contribution >= 0.6 is 23.4 Å². The van der Waals surface area contributed by atoms with Gasteiger partial charge in [0.05, 0.1) is 16.6 Å². The lowest BCUT2D eigenvalue weighted by molar-refractivity contribution is 0.0827. The zero-order valence-electron chi connectivity index (χ0n) is 18.0. The molecule has 4 rings (SSSR count). The highest BCUT2D eigenvalue weighted by atomic mass is 35.5. The number of aromatic nitrogens is 2. The van der Waals surface area contributed by atoms with Crippen molar-refractivity contribution in [2.75, 3.05) is 14.1 Å². The van der Waals surface area contributed by atoms with Gasteiger partial charge in [-0.15, -0.1) is 0 Å². The molecule has 5 nitrogen and oxygen atoms in total. The van der Waals surface area contributed by atoms with Gasteiger partial charge in [0.2, 0.25) is 0 Å². The number of aryl methyl sites for hydroxylation is 1. The maximum absolute atomic E-state index is 13.4. The lowest BCUT2D eigenvalue weighted by Crippen LogP contribution is -2.22. The van der Waals surface area contributed by atoms with E-state index in [4.69, 9.17) is 16.6 Å². The molecule has 32 heavy (non-hydrogen) atoms. The van der Waals surface area contributed by atoms with E-state index in [0.717, 1.165) is 16.8 Å². The number of hydrogen-bond acceptors (Lipinski definition) is 4. The summed E-state index contributed by atoms with van der Waals surface area (Å²) in [6, 6.07) is 20.4. The number of carbonyl (C=O) groups excluding carboxylic acids is 1. The molecule has 1 aromatic heterocycles. The fourth-order valence-electron chi connectivity index (χ4n) is 3.41. The molecule has 3 aromatic carbocycles. The van der Waals surface area contributed by atoms with Gasteiger partial charge in [0.1, 0.15) is 0 Å². The molecular formula is C25H22ClN3O2S. The fraction of sp³-hybridized carbons (Fsp3) is 0.160. The summed E-state index contributed by atoms with van der Waals surface area (Å²) in [6.07, 6.45) is 0. The Labute approximate surface area is 195 Å². The van der Waals surface area contributed by atoms with Gasteiger partial charge in [0.25, 0.3) is 11.5 Å². The summed E-state index contributed by atoms with van der Waals surface area (Å²) >= 11 is 7.63. The number of nitrogens with zero attached hydrogens (tertiary/aromatic N) is 3. The third-order valence-corrected chi connectivity index (χ3v) is 6.38. The van der Waals surface area contributed by atoms with Gasteiger partial charge in [0, 0.05) is 30.4 Å². The molecule has 0 bridgehead atoms. The Kier molecular flexibility index (Phi) is 6.35. The van der Waals surface area contributed by atoms with Gasteiger partial charge in [-0.05, 0) is 54.4 Å². The van der Waals surface area contributed by atoms with Crippen molar-refractivity contribution < 1.29 is 4.79 Å². The first-order valence-electron chi connectivity index (χ1n) is 10.1. The molecule has 7 heteroatoms. The maximum atomic E-state index is 13.4. The minimum atomic E-state index is -0.129. The van der Waals surface area contributed by atoms with Crippen LogP contribution in [0.3, 0.4) is 0 Å². The first kappa shape index (κ1) is 22.1. The molecule has 4 aromatic rings. The number of rotatable bonds is 5. The summed E-state index contributed by atoms with van der Waals surface area (Å²) in [6.45, 7) is 1.97. The number of benzene rings is 3. The minimum absolute atomic E-state index is 0.0364. The summed E-state index contributed by atoms with van der Waals surface area (Å²) in [5, 5.41) is 1.65. The number of amides is 1. The van der Waals surface area contributed by atoms with Crippen molar-refractivity contribution in [2.24, 2.45) is 0 Å². The fourth-order valence-corrected chi connectivity index (χ4v) is 4.54. The van der Waals surface area contributed by atoms with Crippen LogP contribution in [0.25, 0.3) is 16.6 Å². The summed E-state index contributed by atoms with van der Waals surface area (Å²) in [7, 11) is 3.46. The van der Waals surface area contributed by atoms with E-state index in [1.54, 1.807) is 41.8 Å². The average Bonchev–Trinajstić information content (AvgIpc) is 2.78. The summed E-state index contributed by atoms with van der Waals surface area (Å²) < 4.78 is 1.67. The summed E-state index contributed by atoms with van der Waals surface area (Å²) in [5.41, 5.74) is 3.90. The van der Waals surface area contributed by atoms with Crippen LogP contribution in [0.4, 0.5) is 0 Å². The highest BCUT2D eigenvalue weighted by Gasteiger charge is 2.15. The molecule has 162 valence electrons. The van der Waals surface area contributed by atoms with Gasteiger partial charge in [-0.1, -0.05) is 53.7 Å². The molecule has 1 heterocycles. The molecular weight excluding hydrogens is 442 g/mol. The molecule has 0 fully saturated rings. The second-order valence-corrected chi connectivity index (χ2v) is 9.05. The highest BCUT2D eigenvalue weighted by molar-refractivity contribution is 7.98. The van der Waals surface area contributed by atoms with Gasteiger partial charge < -0.3 is 4.90 Å². The molecule has 0 N–H and O–H groups in total. The van der Waals surface area contributed by atoms with E-state index in [9.17, 15) is 9.59 Å². The minimum Gasteiger partial charge on any atom is -0.345 e. The highest BCUT2D eigenvalue weighted by Crippen LogP contribution is 2.27. The number of hydrogen-bond donors (Lipinski definition) is 0. The third kappa shape index (κ3) is 4.42. The van der Waals surface area contributed by atoms with E-state index in [1.807, 2.05) is 55.5 Å². The number of para-hydroxylation sites is 1. The molecule has 0 saturated carbocycles. The van der Waals surface area contributed by atoms with E-state index in [1.165, 1.54) is 11.8 Å². The maximum Gasteiger partial charge on any atom is 0.266 e. The number of carbonyl (C=O) groups is 1. The standard InChI is InChI=1S/C25H22ClN3O2S/c1-16-6-4-5-7-22(16)29-24(31)20-13-12-19(26)14-21(20)27-25(29)32-15-17-8-10-18(11-9-17)23(30)28(2)3/h4-14H,15H2,1-3H3. The first-order valence-corrected chi connectivity index (χ1v) is 11.4. The van der Waals surface area contributed by atoms with Crippen molar-refractivity contribution in [3.63, 3.8) is 0 Å². The van der Waals surface area contributed by atoms with Crippen molar-refractivity contribution in [2.45, 2.75) is 17.8 Å². The van der Waals surface area contributed by atoms with Crippen LogP contribution in [-0.4, -0.2) is 34.5 Å². The quantitative estimate of drug-likeness (QED) is 0.296. The van der Waals surface area contributed by atoms with Crippen molar-refractivity contribution in [3.8, 4) is 5.69 Å². The molecule has 0 atom stereocenters. The zero-order chi connectivity index (χ0) is 22.8. The Hall–Kier alpha value is -3.09. The second kappa shape index (κ2) is 9.18. The van der Waals surface area contributed by atoms with Crippen molar-refractivity contribution in [1.82, 2.24) is 14.5 Å². The average molecular weight is 464 g/mol. The van der Waals surface area contributed by atoms with Crippen molar-refractivity contribution in [3.05, 3.63) is 98.8 Å². The van der Waals surface area contributed by atoms with Crippen molar-refractivity contribution >= 4 is 40.2 Å². The molecule has 0 radical (unpaired) electrons. The van der Waals surface area contributed by atoms with Crippen LogP contribution in [0.15, 0.2) is 76.7 Å². The Balaban J connectivity index is 1.74. The number of thioether (sulfide) groups is 1. The number of halogens is 1. The van der Waals surface area contributed by atoms with Gasteiger partial charge in [-0.2, -0.15) is 0 Å². The SMILES string of the molecule is Cc1ccccc1-n1c(SCc2ccc(C(=O)N(C)C)cc2)nc2cc(Cl)ccc2c1=O. The van der Waals surface area contributed by atoms with Crippen LogP contribution in [0, 0.1) is 6.92 Å². The van der Waals surface area contributed by atoms with Gasteiger partial charge in [-0.3, -0.25) is 14.2 Å². The van der Waals surface area contributed by atoms with Crippen LogP contribution in [0.5, 0.6) is 0 Å². The van der Waals surface area contributed by atoms with Crippen LogP contribution in [0.1, 0.15) is 21.5 Å². The Bertz CT molecular complexity index is 1360. The van der Waals surface area contributed by atoms with E-state index >= 15 is 0 Å². The smallest absolute Gasteiger partial charge is 0.266 e. The van der Waals surface area contributed by atoms with E-state index in [-0.39, 0.29) is 11.5 Å². The van der Waals surface area contributed by atoms with Gasteiger partial charge >= 0.3 is 0 Å². The molecule has 0 saturated heterocycles. The Morgan fingerprint density at radius 2 is 1.78 bits per heavy atom. The predicted molar refractivity (Wildman–Crippen MR) is 131 cm³/mol. The first-order chi connectivity index (χ1) is 15.3. The molecule has 0 unspecified atom stereocenters. The molecule has 0 aliphatic heterocycles. The summed E-state index contributed by atoms with van der Waals surface area (Å²) in [4.78, 5) is 31.9. The molecule has 0 aliphatic rings. The Morgan fingerprint density at radius 1 is 1.06 bits per heavy atom. The molecule has 0 aliphatic carbocycles. The van der Waals surface area contributed by atoms with Crippen molar-refractivity contribution in [1.29, 1.82) is 0 Å². The monoisotopic (exact) mass is 463 g/mol. The summed E-state index contributed by atoms with van der Waals surface area (Å²) in [5.74, 6) is 0.562. The zero-order valence-corrected chi connectivity index (χ0v) is 19.6. The lowest BCUT2D eigenvalue weighted by Gasteiger charge is -2.15. The Morgan fingerprint density at radius 3 is 2.47 bits per heavy atom. The van der Waals surface area contributed by atoms with E-state index < -0.39 is 0 Å². The number of fused-ring (bicyclic) bond motifs is 1. The van der Waals surface area contributed by atoms with Crippen LogP contribution in [-0.2, 0) is 5.75 Å². The predicted octanol–water partition coefficient (Wildman–Crippen LogP) is 5.34. The lowest BCUT2D eigenvalue weighted by atomic mass is 10.1.